The fourth-order valence-corrected chi connectivity index (χ4v) is 2.08. The van der Waals surface area contributed by atoms with E-state index in [9.17, 15) is 10.1 Å². The third-order valence-electron chi connectivity index (χ3n) is 2.37. The van der Waals surface area contributed by atoms with Crippen molar-refractivity contribution in [2.75, 3.05) is 0 Å². The maximum absolute atomic E-state index is 10.9. The van der Waals surface area contributed by atoms with E-state index in [0.29, 0.717) is 21.2 Å². The molecule has 1 aromatic carbocycles. The van der Waals surface area contributed by atoms with Gasteiger partial charge in [0.1, 0.15) is 6.07 Å². The highest BCUT2D eigenvalue weighted by atomic mass is 35.5. The smallest absolute Gasteiger partial charge is 0.258 e. The van der Waals surface area contributed by atoms with Crippen molar-refractivity contribution in [2.45, 2.75) is 0 Å². The van der Waals surface area contributed by atoms with Gasteiger partial charge >= 0.3 is 5.69 Å². The molecule has 0 aliphatic heterocycles. The van der Waals surface area contributed by atoms with Gasteiger partial charge in [0.05, 0.1) is 4.92 Å². The molecule has 7 heteroatoms. The second kappa shape index (κ2) is 5.22. The van der Waals surface area contributed by atoms with Crippen LogP contribution in [0, 0.1) is 21.4 Å². The monoisotopic (exact) mass is 293 g/mol. The molecule has 2 rings (SSSR count). The lowest BCUT2D eigenvalue weighted by atomic mass is 10.1. The number of aromatic nitrogens is 1. The van der Waals surface area contributed by atoms with Crippen LogP contribution in [0.2, 0.25) is 10.0 Å². The second-order valence-corrected chi connectivity index (χ2v) is 4.49. The molecule has 5 nitrogen and oxygen atoms in total. The minimum absolute atomic E-state index is 0.234. The lowest BCUT2D eigenvalue weighted by Crippen LogP contribution is -1.95. The van der Waals surface area contributed by atoms with E-state index < -0.39 is 4.92 Å². The predicted octanol–water partition coefficient (Wildman–Crippen LogP) is 3.84. The van der Waals surface area contributed by atoms with Crippen molar-refractivity contribution in [2.24, 2.45) is 0 Å². The predicted molar refractivity (Wildman–Crippen MR) is 71.1 cm³/mol. The number of pyridine rings is 1. The van der Waals surface area contributed by atoms with E-state index in [1.165, 1.54) is 12.3 Å². The molecule has 0 atom stereocenters. The van der Waals surface area contributed by atoms with Gasteiger partial charge in [-0.1, -0.05) is 23.2 Å². The summed E-state index contributed by atoms with van der Waals surface area (Å²) >= 11 is 11.7. The van der Waals surface area contributed by atoms with Crippen LogP contribution in [-0.4, -0.2) is 9.91 Å². The Morgan fingerprint density at radius 1 is 1.16 bits per heavy atom. The van der Waals surface area contributed by atoms with Gasteiger partial charge in [0.15, 0.2) is 0 Å². The average molecular weight is 294 g/mol. The Balaban J connectivity index is 2.61. The molecule has 0 bridgehead atoms. The zero-order chi connectivity index (χ0) is 14.0. The third kappa shape index (κ3) is 2.81. The van der Waals surface area contributed by atoms with Crippen molar-refractivity contribution < 1.29 is 4.92 Å². The molecule has 0 aliphatic rings. The topological polar surface area (TPSA) is 79.8 Å². The number of nitro groups is 1. The van der Waals surface area contributed by atoms with Crippen LogP contribution in [0.4, 0.5) is 5.69 Å². The van der Waals surface area contributed by atoms with Crippen molar-refractivity contribution >= 4 is 28.9 Å². The van der Waals surface area contributed by atoms with Crippen molar-refractivity contribution in [3.63, 3.8) is 0 Å². The lowest BCUT2D eigenvalue weighted by molar-refractivity contribution is -0.385. The van der Waals surface area contributed by atoms with Crippen LogP contribution < -0.4 is 0 Å². The molecule has 2 aromatic rings. The first kappa shape index (κ1) is 13.3. The number of hydrogen-bond donors (Lipinski definition) is 0. The minimum Gasteiger partial charge on any atom is -0.258 e. The normalized spacial score (nSPS) is 9.95. The van der Waals surface area contributed by atoms with Gasteiger partial charge in [-0.3, -0.25) is 10.1 Å². The molecule has 0 spiro atoms. The minimum atomic E-state index is -0.652. The Hall–Kier alpha value is -2.16. The number of hydrogen-bond acceptors (Lipinski definition) is 4. The van der Waals surface area contributed by atoms with E-state index in [1.807, 2.05) is 0 Å². The molecule has 0 saturated carbocycles. The van der Waals surface area contributed by atoms with E-state index in [-0.39, 0.29) is 11.4 Å². The Kier molecular flexibility index (Phi) is 3.65. The van der Waals surface area contributed by atoms with Crippen molar-refractivity contribution in [3.8, 4) is 17.2 Å². The van der Waals surface area contributed by atoms with Crippen LogP contribution in [0.25, 0.3) is 11.1 Å². The van der Waals surface area contributed by atoms with Crippen LogP contribution in [0.3, 0.4) is 0 Å². The molecular formula is C12H5Cl2N3O2. The van der Waals surface area contributed by atoms with Gasteiger partial charge in [0, 0.05) is 27.9 Å². The molecule has 0 aliphatic carbocycles. The fourth-order valence-electron chi connectivity index (χ4n) is 1.56. The standard InChI is InChI=1S/C12H5Cl2N3O2/c13-9-1-7(2-10(14)4-9)8-3-12(17(18)19)11(5-15)16-6-8/h1-4,6H. The molecule has 94 valence electrons. The summed E-state index contributed by atoms with van der Waals surface area (Å²) in [5.41, 5.74) is 0.477. The second-order valence-electron chi connectivity index (χ2n) is 3.62. The summed E-state index contributed by atoms with van der Waals surface area (Å²) in [5, 5.41) is 20.4. The first-order valence-corrected chi connectivity index (χ1v) is 5.78. The molecule has 1 aromatic heterocycles. The van der Waals surface area contributed by atoms with Crippen molar-refractivity contribution in [1.82, 2.24) is 4.98 Å². The molecule has 0 amide bonds. The fraction of sp³-hybridized carbons (Fsp3) is 0. The largest absolute Gasteiger partial charge is 0.306 e. The molecule has 0 saturated heterocycles. The number of rotatable bonds is 2. The third-order valence-corrected chi connectivity index (χ3v) is 2.80. The molecule has 1 heterocycles. The van der Waals surface area contributed by atoms with E-state index in [1.54, 1.807) is 24.3 Å². The Labute approximate surface area is 118 Å². The Morgan fingerprint density at radius 2 is 1.79 bits per heavy atom. The van der Waals surface area contributed by atoms with Gasteiger partial charge in [-0.25, -0.2) is 4.98 Å². The van der Waals surface area contributed by atoms with E-state index >= 15 is 0 Å². The number of nitrogens with zero attached hydrogens (tertiary/aromatic N) is 3. The van der Waals surface area contributed by atoms with Gasteiger partial charge in [0.2, 0.25) is 5.69 Å². The zero-order valence-electron chi connectivity index (χ0n) is 9.30. The van der Waals surface area contributed by atoms with Crippen LogP contribution in [-0.2, 0) is 0 Å². The van der Waals surface area contributed by atoms with Crippen LogP contribution in [0.5, 0.6) is 0 Å². The van der Waals surface area contributed by atoms with E-state index in [0.717, 1.165) is 0 Å². The van der Waals surface area contributed by atoms with Crippen LogP contribution >= 0.6 is 23.2 Å². The maximum Gasteiger partial charge on any atom is 0.306 e. The molecule has 0 unspecified atom stereocenters. The van der Waals surface area contributed by atoms with E-state index in [4.69, 9.17) is 28.5 Å². The van der Waals surface area contributed by atoms with Gasteiger partial charge in [-0.2, -0.15) is 5.26 Å². The molecular weight excluding hydrogens is 289 g/mol. The maximum atomic E-state index is 10.9. The van der Waals surface area contributed by atoms with Gasteiger partial charge < -0.3 is 0 Å². The number of nitriles is 1. The highest BCUT2D eigenvalue weighted by Gasteiger charge is 2.16. The van der Waals surface area contributed by atoms with Crippen molar-refractivity contribution in [1.29, 1.82) is 5.26 Å². The zero-order valence-corrected chi connectivity index (χ0v) is 10.8. The Bertz CT molecular complexity index is 690. The van der Waals surface area contributed by atoms with Gasteiger partial charge in [0.25, 0.3) is 0 Å². The number of benzene rings is 1. The quantitative estimate of drug-likeness (QED) is 0.622. The number of halogens is 2. The summed E-state index contributed by atoms with van der Waals surface area (Å²) in [6.07, 6.45) is 1.37. The summed E-state index contributed by atoms with van der Waals surface area (Å²) < 4.78 is 0. The molecule has 0 radical (unpaired) electrons. The van der Waals surface area contributed by atoms with Crippen LogP contribution in [0.15, 0.2) is 30.5 Å². The Morgan fingerprint density at radius 3 is 2.32 bits per heavy atom. The summed E-state index contributed by atoms with van der Waals surface area (Å²) in [7, 11) is 0. The summed E-state index contributed by atoms with van der Waals surface area (Å²) in [5.74, 6) is 0. The summed E-state index contributed by atoms with van der Waals surface area (Å²) in [4.78, 5) is 14.0. The van der Waals surface area contributed by atoms with E-state index in [2.05, 4.69) is 4.98 Å². The molecule has 0 fully saturated rings. The average Bonchev–Trinajstić information content (AvgIpc) is 2.36. The highest BCUT2D eigenvalue weighted by Crippen LogP contribution is 2.29. The van der Waals surface area contributed by atoms with Gasteiger partial charge in [-0.15, -0.1) is 0 Å². The molecule has 0 N–H and O–H groups in total. The van der Waals surface area contributed by atoms with Crippen LogP contribution in [0.1, 0.15) is 5.69 Å². The first-order valence-electron chi connectivity index (χ1n) is 5.02. The lowest BCUT2D eigenvalue weighted by Gasteiger charge is -2.03. The van der Waals surface area contributed by atoms with Crippen molar-refractivity contribution in [3.05, 3.63) is 56.3 Å². The molecule has 19 heavy (non-hydrogen) atoms. The first-order chi connectivity index (χ1) is 9.01. The SMILES string of the molecule is N#Cc1ncc(-c2cc(Cl)cc(Cl)c2)cc1[N+](=O)[O-]. The summed E-state index contributed by atoms with van der Waals surface area (Å²) in [6, 6.07) is 7.72. The van der Waals surface area contributed by atoms with Gasteiger partial charge in [-0.05, 0) is 23.8 Å². The summed E-state index contributed by atoms with van der Waals surface area (Å²) in [6.45, 7) is 0. The highest BCUT2D eigenvalue weighted by molar-refractivity contribution is 6.35.